The van der Waals surface area contributed by atoms with Crippen LogP contribution in [0.3, 0.4) is 0 Å². The van der Waals surface area contributed by atoms with Gasteiger partial charge in [-0.2, -0.15) is 0 Å². The number of H-pyrrole nitrogens is 1. The molecule has 16 heavy (non-hydrogen) atoms. The Balaban J connectivity index is 2.19. The molecule has 1 N–H and O–H groups in total. The average molecular weight is 211 g/mol. The molecule has 0 spiro atoms. The van der Waals surface area contributed by atoms with Gasteiger partial charge in [0.15, 0.2) is 0 Å². The minimum atomic E-state index is 0.0341. The summed E-state index contributed by atoms with van der Waals surface area (Å²) < 4.78 is 0. The summed E-state index contributed by atoms with van der Waals surface area (Å²) in [5, 5.41) is 0. The molecule has 0 bridgehead atoms. The van der Waals surface area contributed by atoms with Gasteiger partial charge in [0.25, 0.3) is 5.56 Å². The highest BCUT2D eigenvalue weighted by atomic mass is 16.1. The first-order valence-corrected chi connectivity index (χ1v) is 5.65. The number of aryl methyl sites for hydroxylation is 2. The molecule has 0 saturated carbocycles. The molecule has 1 aromatic carbocycles. The summed E-state index contributed by atoms with van der Waals surface area (Å²) in [5.74, 6) is 0. The fraction of sp³-hybridized carbons (Fsp3) is 0.214. The van der Waals surface area contributed by atoms with Gasteiger partial charge in [0.2, 0.25) is 0 Å². The van der Waals surface area contributed by atoms with Crippen LogP contribution >= 0.6 is 0 Å². The van der Waals surface area contributed by atoms with Gasteiger partial charge in [-0.25, -0.2) is 0 Å². The van der Waals surface area contributed by atoms with Crippen molar-refractivity contribution in [2.45, 2.75) is 19.3 Å². The SMILES string of the molecule is O=c1[nH]c2c(cc1-c1ccccc1)CCC2. The Morgan fingerprint density at radius 2 is 1.88 bits per heavy atom. The Kier molecular flexibility index (Phi) is 2.13. The first kappa shape index (κ1) is 9.40. The fourth-order valence-corrected chi connectivity index (χ4v) is 2.35. The van der Waals surface area contributed by atoms with Gasteiger partial charge in [0, 0.05) is 11.3 Å². The number of nitrogens with one attached hydrogen (secondary N) is 1. The van der Waals surface area contributed by atoms with Crippen molar-refractivity contribution in [1.29, 1.82) is 0 Å². The van der Waals surface area contributed by atoms with Crippen LogP contribution < -0.4 is 5.56 Å². The zero-order valence-corrected chi connectivity index (χ0v) is 8.99. The van der Waals surface area contributed by atoms with Crippen LogP contribution in [0.25, 0.3) is 11.1 Å². The third-order valence-corrected chi connectivity index (χ3v) is 3.17. The largest absolute Gasteiger partial charge is 0.325 e. The molecule has 0 aliphatic heterocycles. The van der Waals surface area contributed by atoms with E-state index < -0.39 is 0 Å². The van der Waals surface area contributed by atoms with Crippen LogP contribution in [-0.2, 0) is 12.8 Å². The summed E-state index contributed by atoms with van der Waals surface area (Å²) in [4.78, 5) is 14.9. The van der Waals surface area contributed by atoms with E-state index in [-0.39, 0.29) is 5.56 Å². The summed E-state index contributed by atoms with van der Waals surface area (Å²) >= 11 is 0. The maximum atomic E-state index is 11.9. The molecular weight excluding hydrogens is 198 g/mol. The van der Waals surface area contributed by atoms with E-state index in [1.54, 1.807) is 0 Å². The number of hydrogen-bond donors (Lipinski definition) is 1. The second-order valence-electron chi connectivity index (χ2n) is 4.24. The van der Waals surface area contributed by atoms with E-state index >= 15 is 0 Å². The van der Waals surface area contributed by atoms with E-state index in [0.29, 0.717) is 0 Å². The third kappa shape index (κ3) is 1.47. The van der Waals surface area contributed by atoms with Gasteiger partial charge in [0.05, 0.1) is 0 Å². The van der Waals surface area contributed by atoms with Crippen LogP contribution in [0, 0.1) is 0 Å². The van der Waals surface area contributed by atoms with Gasteiger partial charge >= 0.3 is 0 Å². The summed E-state index contributed by atoms with van der Waals surface area (Å²) in [6, 6.07) is 11.9. The maximum absolute atomic E-state index is 11.9. The van der Waals surface area contributed by atoms with Gasteiger partial charge in [-0.15, -0.1) is 0 Å². The monoisotopic (exact) mass is 211 g/mol. The van der Waals surface area contributed by atoms with Crippen molar-refractivity contribution in [1.82, 2.24) is 4.98 Å². The summed E-state index contributed by atoms with van der Waals surface area (Å²) in [6.07, 6.45) is 3.26. The molecule has 80 valence electrons. The molecular formula is C14H13NO. The van der Waals surface area contributed by atoms with Crippen LogP contribution in [-0.4, -0.2) is 4.98 Å². The lowest BCUT2D eigenvalue weighted by molar-refractivity contribution is 0.897. The van der Waals surface area contributed by atoms with E-state index in [0.717, 1.165) is 36.1 Å². The number of fused-ring (bicyclic) bond motifs is 1. The molecule has 0 amide bonds. The van der Waals surface area contributed by atoms with Crippen LogP contribution in [0.2, 0.25) is 0 Å². The van der Waals surface area contributed by atoms with Gasteiger partial charge in [-0.1, -0.05) is 30.3 Å². The minimum absolute atomic E-state index is 0.0341. The molecule has 1 heterocycles. The molecule has 2 nitrogen and oxygen atoms in total. The van der Waals surface area contributed by atoms with E-state index in [1.165, 1.54) is 5.56 Å². The summed E-state index contributed by atoms with van der Waals surface area (Å²) in [7, 11) is 0. The Morgan fingerprint density at radius 3 is 2.69 bits per heavy atom. The van der Waals surface area contributed by atoms with Crippen molar-refractivity contribution >= 4 is 0 Å². The number of hydrogen-bond acceptors (Lipinski definition) is 1. The van der Waals surface area contributed by atoms with Gasteiger partial charge in [-0.3, -0.25) is 4.79 Å². The molecule has 3 rings (SSSR count). The maximum Gasteiger partial charge on any atom is 0.256 e. The lowest BCUT2D eigenvalue weighted by Crippen LogP contribution is -2.11. The molecule has 0 fully saturated rings. The topological polar surface area (TPSA) is 32.9 Å². The average Bonchev–Trinajstić information content (AvgIpc) is 2.76. The Hall–Kier alpha value is -1.83. The minimum Gasteiger partial charge on any atom is -0.325 e. The molecule has 0 unspecified atom stereocenters. The normalized spacial score (nSPS) is 13.8. The van der Waals surface area contributed by atoms with Crippen LogP contribution in [0.4, 0.5) is 0 Å². The fourth-order valence-electron chi connectivity index (χ4n) is 2.35. The van der Waals surface area contributed by atoms with Gasteiger partial charge in [-0.05, 0) is 36.5 Å². The van der Waals surface area contributed by atoms with Crippen molar-refractivity contribution in [2.75, 3.05) is 0 Å². The Labute approximate surface area is 94.0 Å². The predicted octanol–water partition coefficient (Wildman–Crippen LogP) is 2.53. The van der Waals surface area contributed by atoms with Crippen molar-refractivity contribution in [2.24, 2.45) is 0 Å². The zero-order valence-electron chi connectivity index (χ0n) is 8.99. The number of pyridine rings is 1. The summed E-state index contributed by atoms with van der Waals surface area (Å²) in [5.41, 5.74) is 4.26. The molecule has 2 heteroatoms. The molecule has 2 aromatic rings. The van der Waals surface area contributed by atoms with E-state index in [9.17, 15) is 4.79 Å². The van der Waals surface area contributed by atoms with Crippen molar-refractivity contribution in [3.8, 4) is 11.1 Å². The number of aromatic nitrogens is 1. The molecule has 1 aliphatic carbocycles. The highest BCUT2D eigenvalue weighted by molar-refractivity contribution is 5.63. The van der Waals surface area contributed by atoms with E-state index in [2.05, 4.69) is 11.1 Å². The van der Waals surface area contributed by atoms with Crippen LogP contribution in [0.5, 0.6) is 0 Å². The van der Waals surface area contributed by atoms with Crippen LogP contribution in [0.15, 0.2) is 41.2 Å². The molecule has 0 saturated heterocycles. The third-order valence-electron chi connectivity index (χ3n) is 3.17. The summed E-state index contributed by atoms with van der Waals surface area (Å²) in [6.45, 7) is 0. The van der Waals surface area contributed by atoms with E-state index in [4.69, 9.17) is 0 Å². The molecule has 0 radical (unpaired) electrons. The number of rotatable bonds is 1. The molecule has 1 aliphatic rings. The zero-order chi connectivity index (χ0) is 11.0. The highest BCUT2D eigenvalue weighted by Gasteiger charge is 2.14. The van der Waals surface area contributed by atoms with E-state index in [1.807, 2.05) is 30.3 Å². The first-order chi connectivity index (χ1) is 7.84. The number of aromatic amines is 1. The first-order valence-electron chi connectivity index (χ1n) is 5.65. The van der Waals surface area contributed by atoms with Crippen molar-refractivity contribution < 1.29 is 0 Å². The molecule has 1 aromatic heterocycles. The lowest BCUT2D eigenvalue weighted by Gasteiger charge is -2.04. The Morgan fingerprint density at radius 1 is 1.06 bits per heavy atom. The van der Waals surface area contributed by atoms with Crippen molar-refractivity contribution in [3.05, 3.63) is 58.0 Å². The lowest BCUT2D eigenvalue weighted by atomic mass is 10.0. The predicted molar refractivity (Wildman–Crippen MR) is 64.5 cm³/mol. The highest BCUT2D eigenvalue weighted by Crippen LogP contribution is 2.23. The van der Waals surface area contributed by atoms with Crippen LogP contribution in [0.1, 0.15) is 17.7 Å². The standard InChI is InChI=1S/C14H13NO/c16-14-12(10-5-2-1-3-6-10)9-11-7-4-8-13(11)15-14/h1-3,5-6,9H,4,7-8H2,(H,15,16). The number of benzene rings is 1. The second-order valence-corrected chi connectivity index (χ2v) is 4.24. The van der Waals surface area contributed by atoms with Gasteiger partial charge in [0.1, 0.15) is 0 Å². The second kappa shape index (κ2) is 3.63. The van der Waals surface area contributed by atoms with Gasteiger partial charge < -0.3 is 4.98 Å². The quantitative estimate of drug-likeness (QED) is 0.772. The molecule has 0 atom stereocenters. The smallest absolute Gasteiger partial charge is 0.256 e. The Bertz CT molecular complexity index is 569. The van der Waals surface area contributed by atoms with Crippen molar-refractivity contribution in [3.63, 3.8) is 0 Å².